The van der Waals surface area contributed by atoms with Crippen LogP contribution in [0.5, 0.6) is 0 Å². The fourth-order valence-corrected chi connectivity index (χ4v) is 2.26. The summed E-state index contributed by atoms with van der Waals surface area (Å²) in [5, 5.41) is 0. The highest BCUT2D eigenvalue weighted by molar-refractivity contribution is 7.90. The van der Waals surface area contributed by atoms with Crippen molar-refractivity contribution >= 4 is 10.0 Å². The molecule has 0 unspecified atom stereocenters. The second-order valence-electron chi connectivity index (χ2n) is 4.18. The molecule has 0 radical (unpaired) electrons. The summed E-state index contributed by atoms with van der Waals surface area (Å²) in [6.07, 6.45) is 1.82. The number of hydroxylamine groups is 1. The van der Waals surface area contributed by atoms with Gasteiger partial charge in [-0.05, 0) is 33.6 Å². The van der Waals surface area contributed by atoms with E-state index in [9.17, 15) is 8.42 Å². The highest BCUT2D eigenvalue weighted by Gasteiger charge is 2.36. The second-order valence-corrected chi connectivity index (χ2v) is 6.77. The summed E-state index contributed by atoms with van der Waals surface area (Å²) in [5.41, 5.74) is 0. The van der Waals surface area contributed by atoms with E-state index in [0.717, 1.165) is 17.3 Å². The van der Waals surface area contributed by atoms with Crippen LogP contribution in [0.4, 0.5) is 0 Å². The molecule has 0 aliphatic carbocycles. The first-order valence-corrected chi connectivity index (χ1v) is 5.95. The van der Waals surface area contributed by atoms with Gasteiger partial charge < -0.3 is 0 Å². The number of rotatable bonds is 1. The lowest BCUT2D eigenvalue weighted by molar-refractivity contribution is -0.110. The van der Waals surface area contributed by atoms with Gasteiger partial charge in [0.25, 0.3) is 0 Å². The molecule has 1 saturated heterocycles. The minimum atomic E-state index is -3.29. The smallest absolute Gasteiger partial charge is 0.240 e. The van der Waals surface area contributed by atoms with Gasteiger partial charge in [0.1, 0.15) is 0 Å². The van der Waals surface area contributed by atoms with Gasteiger partial charge in [-0.3, -0.25) is 4.84 Å². The van der Waals surface area contributed by atoms with Crippen molar-refractivity contribution in [3.05, 3.63) is 0 Å². The minimum Gasteiger partial charge on any atom is -0.284 e. The molecule has 1 heterocycles. The Morgan fingerprint density at radius 3 is 2.23 bits per heavy atom. The highest BCUT2D eigenvalue weighted by Crippen LogP contribution is 2.22. The zero-order valence-corrected chi connectivity index (χ0v) is 9.23. The van der Waals surface area contributed by atoms with E-state index in [1.165, 1.54) is 0 Å². The fourth-order valence-electron chi connectivity index (χ4n) is 1.07. The minimum absolute atomic E-state index is 0.486. The quantitative estimate of drug-likeness (QED) is 0.648. The Balaban J connectivity index is 2.80. The van der Waals surface area contributed by atoms with Crippen LogP contribution in [0.25, 0.3) is 0 Å². The Labute approximate surface area is 79.9 Å². The van der Waals surface area contributed by atoms with E-state index in [4.69, 9.17) is 4.84 Å². The zero-order valence-electron chi connectivity index (χ0n) is 8.41. The van der Waals surface area contributed by atoms with Gasteiger partial charge >= 0.3 is 0 Å². The van der Waals surface area contributed by atoms with Crippen molar-refractivity contribution in [1.29, 1.82) is 0 Å². The van der Waals surface area contributed by atoms with E-state index >= 15 is 0 Å². The average Bonchev–Trinajstić information content (AvgIpc) is 2.04. The van der Waals surface area contributed by atoms with Crippen LogP contribution in [0.1, 0.15) is 33.6 Å². The van der Waals surface area contributed by atoms with Gasteiger partial charge in [-0.1, -0.05) is 4.47 Å². The van der Waals surface area contributed by atoms with Gasteiger partial charge in [-0.2, -0.15) is 0 Å². The molecule has 0 amide bonds. The van der Waals surface area contributed by atoms with Gasteiger partial charge in [-0.25, -0.2) is 8.42 Å². The maximum atomic E-state index is 11.8. The van der Waals surface area contributed by atoms with Crippen LogP contribution in [0.2, 0.25) is 0 Å². The molecule has 0 aromatic heterocycles. The van der Waals surface area contributed by atoms with Crippen molar-refractivity contribution in [2.75, 3.05) is 13.2 Å². The number of nitrogens with zero attached hydrogens (tertiary/aromatic N) is 1. The van der Waals surface area contributed by atoms with E-state index in [1.807, 2.05) is 0 Å². The number of sulfonamides is 1. The van der Waals surface area contributed by atoms with Gasteiger partial charge in [0.2, 0.25) is 10.0 Å². The third-order valence-electron chi connectivity index (χ3n) is 2.01. The van der Waals surface area contributed by atoms with Gasteiger partial charge in [0.05, 0.1) is 11.4 Å². The Morgan fingerprint density at radius 1 is 1.23 bits per heavy atom. The van der Waals surface area contributed by atoms with E-state index in [2.05, 4.69) is 0 Å². The predicted octanol–water partition coefficient (Wildman–Crippen LogP) is 1.14. The number of hydrogen-bond donors (Lipinski definition) is 0. The van der Waals surface area contributed by atoms with Crippen molar-refractivity contribution in [3.63, 3.8) is 0 Å². The SMILES string of the molecule is CC(C)(C)S(=O)(=O)N1CCCCO1. The molecule has 1 aliphatic heterocycles. The molecular weight excluding hydrogens is 190 g/mol. The van der Waals surface area contributed by atoms with Crippen LogP contribution >= 0.6 is 0 Å². The lowest BCUT2D eigenvalue weighted by Gasteiger charge is -2.31. The van der Waals surface area contributed by atoms with Crippen molar-refractivity contribution in [2.45, 2.75) is 38.4 Å². The standard InChI is InChI=1S/C8H17NO3S/c1-8(2,3)13(10,11)9-6-4-5-7-12-9/h4-7H2,1-3H3. The van der Waals surface area contributed by atoms with Crippen LogP contribution in [-0.4, -0.2) is 30.8 Å². The molecule has 1 rings (SSSR count). The van der Waals surface area contributed by atoms with Crippen molar-refractivity contribution in [3.8, 4) is 0 Å². The maximum Gasteiger partial charge on any atom is 0.240 e. The lowest BCUT2D eigenvalue weighted by Crippen LogP contribution is -2.45. The molecule has 13 heavy (non-hydrogen) atoms. The summed E-state index contributed by atoms with van der Waals surface area (Å²) in [6.45, 7) is 6.04. The molecule has 4 nitrogen and oxygen atoms in total. The lowest BCUT2D eigenvalue weighted by atomic mass is 10.3. The van der Waals surface area contributed by atoms with E-state index < -0.39 is 14.8 Å². The Hall–Kier alpha value is -0.130. The molecule has 1 fully saturated rings. The van der Waals surface area contributed by atoms with Gasteiger partial charge in [-0.15, -0.1) is 0 Å². The van der Waals surface area contributed by atoms with E-state index in [1.54, 1.807) is 20.8 Å². The monoisotopic (exact) mass is 207 g/mol. The first-order chi connectivity index (χ1) is 5.86. The van der Waals surface area contributed by atoms with E-state index in [0.29, 0.717) is 13.2 Å². The predicted molar refractivity (Wildman–Crippen MR) is 50.6 cm³/mol. The summed E-state index contributed by atoms with van der Waals surface area (Å²) in [4.78, 5) is 5.11. The molecule has 5 heteroatoms. The summed E-state index contributed by atoms with van der Waals surface area (Å²) in [7, 11) is -3.29. The second kappa shape index (κ2) is 3.55. The molecule has 0 spiro atoms. The summed E-state index contributed by atoms with van der Waals surface area (Å²) in [6, 6.07) is 0. The van der Waals surface area contributed by atoms with Crippen LogP contribution in [0.15, 0.2) is 0 Å². The Bertz CT molecular complexity index is 260. The molecule has 1 aliphatic rings. The maximum absolute atomic E-state index is 11.8. The van der Waals surface area contributed by atoms with Gasteiger partial charge in [0.15, 0.2) is 0 Å². The highest BCUT2D eigenvalue weighted by atomic mass is 32.2. The molecular formula is C8H17NO3S. The molecule has 78 valence electrons. The van der Waals surface area contributed by atoms with Crippen molar-refractivity contribution < 1.29 is 13.3 Å². The first kappa shape index (κ1) is 10.9. The number of hydrogen-bond acceptors (Lipinski definition) is 3. The van der Waals surface area contributed by atoms with E-state index in [-0.39, 0.29) is 0 Å². The van der Waals surface area contributed by atoms with Crippen molar-refractivity contribution in [2.24, 2.45) is 0 Å². The molecule has 0 N–H and O–H groups in total. The van der Waals surface area contributed by atoms with Crippen LogP contribution < -0.4 is 0 Å². The normalized spacial score (nSPS) is 21.8. The molecule has 0 saturated carbocycles. The Kier molecular flexibility index (Phi) is 2.99. The molecule has 0 bridgehead atoms. The largest absolute Gasteiger partial charge is 0.284 e. The zero-order chi connectivity index (χ0) is 10.1. The van der Waals surface area contributed by atoms with Crippen LogP contribution in [0, 0.1) is 0 Å². The third-order valence-corrected chi connectivity index (χ3v) is 4.38. The van der Waals surface area contributed by atoms with Crippen LogP contribution in [-0.2, 0) is 14.9 Å². The third kappa shape index (κ3) is 2.21. The molecule has 0 aromatic rings. The fraction of sp³-hybridized carbons (Fsp3) is 1.00. The van der Waals surface area contributed by atoms with Crippen molar-refractivity contribution in [1.82, 2.24) is 4.47 Å². The topological polar surface area (TPSA) is 46.6 Å². The Morgan fingerprint density at radius 2 is 1.85 bits per heavy atom. The first-order valence-electron chi connectivity index (χ1n) is 4.51. The summed E-state index contributed by atoms with van der Waals surface area (Å²) >= 11 is 0. The summed E-state index contributed by atoms with van der Waals surface area (Å²) < 4.78 is 24.0. The molecule has 0 aromatic carbocycles. The molecule has 0 atom stereocenters. The average molecular weight is 207 g/mol. The van der Waals surface area contributed by atoms with Crippen LogP contribution in [0.3, 0.4) is 0 Å². The van der Waals surface area contributed by atoms with Gasteiger partial charge in [0, 0.05) is 6.54 Å². The summed E-state index contributed by atoms with van der Waals surface area (Å²) in [5.74, 6) is 0.